The van der Waals surface area contributed by atoms with Crippen molar-refractivity contribution >= 4 is 67.7 Å². The van der Waals surface area contributed by atoms with E-state index in [1.807, 2.05) is 0 Å². The number of hydrogen-bond donors (Lipinski definition) is 0. The molecule has 0 rings (SSSR count). The fourth-order valence-corrected chi connectivity index (χ4v) is 0. The van der Waals surface area contributed by atoms with E-state index in [-0.39, 0.29) is 84.8 Å². The Hall–Kier alpha value is 2.74. The predicted molar refractivity (Wildman–Crippen MR) is 25.6 cm³/mol. The Labute approximate surface area is 83.4 Å². The van der Waals surface area contributed by atoms with Gasteiger partial charge < -0.3 is 0 Å². The van der Waals surface area contributed by atoms with Gasteiger partial charge in [0.15, 0.2) is 0 Å². The van der Waals surface area contributed by atoms with E-state index < -0.39 is 0 Å². The molecular weight excluding hydrogens is 473 g/mol. The van der Waals surface area contributed by atoms with Crippen molar-refractivity contribution in [2.75, 3.05) is 0 Å². The van der Waals surface area contributed by atoms with Gasteiger partial charge in [-0.3, -0.25) is 0 Å². The van der Waals surface area contributed by atoms with Gasteiger partial charge in [0.25, 0.3) is 0 Å². The molecule has 0 N–H and O–H groups in total. The first-order valence-corrected chi connectivity index (χ1v) is 0. The molecule has 0 aromatic rings. The normalized spacial score (nSPS) is 0. The van der Waals surface area contributed by atoms with Crippen LogP contribution in [0, 0.1) is 0 Å². The van der Waals surface area contributed by atoms with Gasteiger partial charge in [0.1, 0.15) is 0 Å². The van der Waals surface area contributed by atoms with E-state index in [0.717, 1.165) is 0 Å². The molecule has 4 heteroatoms. The zero-order valence-electron chi connectivity index (χ0n) is 2.03. The average Bonchev–Trinajstić information content (AvgIpc) is 0. The van der Waals surface area contributed by atoms with Crippen LogP contribution >= 0.6 is 0 Å². The van der Waals surface area contributed by atoms with E-state index >= 15 is 0 Å². The van der Waals surface area contributed by atoms with Crippen LogP contribution in [-0.4, -0.2) is 67.7 Å². The van der Waals surface area contributed by atoms with E-state index in [1.54, 1.807) is 0 Å². The summed E-state index contributed by atoms with van der Waals surface area (Å²) in [5.41, 5.74) is 0. The van der Waals surface area contributed by atoms with Crippen molar-refractivity contribution in [2.24, 2.45) is 0 Å². The van der Waals surface area contributed by atoms with Gasteiger partial charge in [-0.05, 0) is 0 Å². The zero-order chi connectivity index (χ0) is 0. The first-order chi connectivity index (χ1) is 0. The monoisotopic (exact) mass is 479 g/mol. The minimum atomic E-state index is 0. The van der Waals surface area contributed by atoms with Gasteiger partial charge in [-0.25, -0.2) is 0 Å². The summed E-state index contributed by atoms with van der Waals surface area (Å²) in [6.45, 7) is 0. The summed E-state index contributed by atoms with van der Waals surface area (Å²) < 4.78 is 0. The van der Waals surface area contributed by atoms with E-state index in [0.29, 0.717) is 0 Å². The average molecular weight is 479 g/mol. The fraction of sp³-hybridized carbons (Fsp3) is 0. The topological polar surface area (TPSA) is 0 Å². The molecule has 0 aliphatic rings. The first-order valence-electron chi connectivity index (χ1n) is 0. The van der Waals surface area contributed by atoms with Crippen molar-refractivity contribution < 1.29 is 17.1 Å². The van der Waals surface area contributed by atoms with E-state index in [2.05, 4.69) is 0 Å². The van der Waals surface area contributed by atoms with Gasteiger partial charge >= 0.3 is 67.7 Å². The minimum absolute atomic E-state index is 0. The molecule has 0 unspecified atom stereocenters. The first kappa shape index (κ1) is 29.6. The molecular formula is H6BiCuSbSe. The van der Waals surface area contributed by atoms with Crippen LogP contribution < -0.4 is 0 Å². The quantitative estimate of drug-likeness (QED) is 0.331. The molecule has 0 saturated heterocycles. The zero-order valence-corrected chi connectivity index (χ0v) is 13.6. The molecule has 4 heavy (non-hydrogen) atoms. The maximum atomic E-state index is 0. The van der Waals surface area contributed by atoms with Gasteiger partial charge in [-0.2, -0.15) is 0 Å². The van der Waals surface area contributed by atoms with Gasteiger partial charge in [-0.15, -0.1) is 0 Å². The van der Waals surface area contributed by atoms with Crippen LogP contribution in [0.15, 0.2) is 0 Å². The molecule has 33 valence electrons. The van der Waals surface area contributed by atoms with E-state index in [4.69, 9.17) is 0 Å². The Morgan fingerprint density at radius 2 is 1.00 bits per heavy atom. The standard InChI is InChI=1S/Bi.Cu.Sb.HSe.5H/h;;;1H;;;;;. The Balaban J connectivity index is 0. The molecule has 0 bridgehead atoms. The second-order valence-corrected chi connectivity index (χ2v) is 0. The molecule has 3 radical (unpaired) electrons. The molecule has 0 spiro atoms. The van der Waals surface area contributed by atoms with Crippen LogP contribution in [-0.2, 0) is 17.1 Å². The molecule has 0 atom stereocenters. The summed E-state index contributed by atoms with van der Waals surface area (Å²) in [5, 5.41) is 0. The second-order valence-electron chi connectivity index (χ2n) is 0. The van der Waals surface area contributed by atoms with Crippen LogP contribution in [0.1, 0.15) is 0 Å². The fourth-order valence-electron chi connectivity index (χ4n) is 0. The maximum absolute atomic E-state index is 0. The van der Waals surface area contributed by atoms with Crippen molar-refractivity contribution in [3.05, 3.63) is 0 Å². The second kappa shape index (κ2) is 17.2. The van der Waals surface area contributed by atoms with Gasteiger partial charge in [0.2, 0.25) is 0 Å². The molecule has 0 aliphatic heterocycles. The van der Waals surface area contributed by atoms with Crippen molar-refractivity contribution in [1.29, 1.82) is 0 Å². The molecule has 0 fully saturated rings. The number of hydrogen-bond acceptors (Lipinski definition) is 0. The molecule has 0 aromatic carbocycles. The molecule has 0 aliphatic carbocycles. The third kappa shape index (κ3) is 8.83. The summed E-state index contributed by atoms with van der Waals surface area (Å²) >= 11 is 0. The molecule has 0 heterocycles. The van der Waals surface area contributed by atoms with Crippen LogP contribution in [0.5, 0.6) is 0 Å². The summed E-state index contributed by atoms with van der Waals surface area (Å²) in [6, 6.07) is 0. The van der Waals surface area contributed by atoms with Gasteiger partial charge in [-0.1, -0.05) is 0 Å². The Bertz CT molecular complexity index is 8.00. The van der Waals surface area contributed by atoms with Gasteiger partial charge in [0.05, 0.1) is 0 Å². The summed E-state index contributed by atoms with van der Waals surface area (Å²) in [7, 11) is 0. The van der Waals surface area contributed by atoms with Crippen LogP contribution in [0.3, 0.4) is 0 Å². The molecule has 0 saturated carbocycles. The summed E-state index contributed by atoms with van der Waals surface area (Å²) in [6.07, 6.45) is 0. The van der Waals surface area contributed by atoms with Gasteiger partial charge in [0, 0.05) is 17.1 Å². The molecule has 0 nitrogen and oxygen atoms in total. The van der Waals surface area contributed by atoms with Crippen LogP contribution in [0.2, 0.25) is 0 Å². The van der Waals surface area contributed by atoms with Crippen molar-refractivity contribution in [2.45, 2.75) is 0 Å². The van der Waals surface area contributed by atoms with Crippen molar-refractivity contribution in [3.63, 3.8) is 0 Å². The predicted octanol–water partition coefficient (Wildman–Crippen LogP) is -2.75. The van der Waals surface area contributed by atoms with Crippen LogP contribution in [0.4, 0.5) is 0 Å². The van der Waals surface area contributed by atoms with Crippen LogP contribution in [0.25, 0.3) is 0 Å². The number of rotatable bonds is 0. The molecule has 0 aromatic heterocycles. The van der Waals surface area contributed by atoms with E-state index in [1.165, 1.54) is 0 Å². The summed E-state index contributed by atoms with van der Waals surface area (Å²) in [4.78, 5) is 0. The third-order valence-electron chi connectivity index (χ3n) is 0. The molecule has 0 amide bonds. The third-order valence-corrected chi connectivity index (χ3v) is 0. The Kier molecular flexibility index (Phi) is 127. The van der Waals surface area contributed by atoms with E-state index in [9.17, 15) is 0 Å². The van der Waals surface area contributed by atoms with Crippen molar-refractivity contribution in [1.82, 2.24) is 0 Å². The van der Waals surface area contributed by atoms with Crippen molar-refractivity contribution in [3.8, 4) is 0 Å². The SMILES string of the molecule is [BiH3].[Cu].[SbH2].[SeH]. The Morgan fingerprint density at radius 1 is 1.00 bits per heavy atom. The summed E-state index contributed by atoms with van der Waals surface area (Å²) in [5.74, 6) is 0. The Morgan fingerprint density at radius 3 is 1.00 bits per heavy atom.